The fourth-order valence-electron chi connectivity index (χ4n) is 1.24. The topological polar surface area (TPSA) is 41.1 Å². The minimum atomic E-state index is 0.0676. The van der Waals surface area contributed by atoms with E-state index in [0.29, 0.717) is 6.54 Å². The molecule has 70 valence electrons. The largest absolute Gasteiger partial charge is 0.358 e. The molecule has 4 heteroatoms. The lowest BCUT2D eigenvalue weighted by molar-refractivity contribution is -0.119. The van der Waals surface area contributed by atoms with Crippen molar-refractivity contribution in [2.75, 3.05) is 25.9 Å². The van der Waals surface area contributed by atoms with Crippen LogP contribution in [0.2, 0.25) is 0 Å². The van der Waals surface area contributed by atoms with Crippen LogP contribution in [0.5, 0.6) is 0 Å². The molecule has 1 unspecified atom stereocenters. The number of rotatable bonds is 4. The maximum Gasteiger partial charge on any atom is 0.233 e. The molecule has 0 aromatic carbocycles. The van der Waals surface area contributed by atoms with Crippen molar-refractivity contribution in [1.82, 2.24) is 10.6 Å². The standard InChI is InChI=1S/C8H16N2OS/c1-9-8(11)6-10-5-7-3-2-4-12-7/h7,10H,2-6H2,1H3,(H,9,11). The van der Waals surface area contributed by atoms with Gasteiger partial charge < -0.3 is 10.6 Å². The molecule has 1 saturated heterocycles. The van der Waals surface area contributed by atoms with Crippen molar-refractivity contribution in [2.24, 2.45) is 0 Å². The molecule has 12 heavy (non-hydrogen) atoms. The van der Waals surface area contributed by atoms with Crippen molar-refractivity contribution in [3.05, 3.63) is 0 Å². The normalized spacial score (nSPS) is 22.6. The Labute approximate surface area is 77.7 Å². The molecule has 0 aliphatic carbocycles. The third-order valence-electron chi connectivity index (χ3n) is 1.96. The summed E-state index contributed by atoms with van der Waals surface area (Å²) < 4.78 is 0. The van der Waals surface area contributed by atoms with Crippen LogP contribution >= 0.6 is 11.8 Å². The monoisotopic (exact) mass is 188 g/mol. The Morgan fingerprint density at radius 3 is 3.08 bits per heavy atom. The summed E-state index contributed by atoms with van der Waals surface area (Å²) in [5, 5.41) is 6.46. The van der Waals surface area contributed by atoms with Gasteiger partial charge in [0.05, 0.1) is 6.54 Å². The molecule has 0 aromatic heterocycles. The van der Waals surface area contributed by atoms with E-state index in [0.717, 1.165) is 11.8 Å². The van der Waals surface area contributed by atoms with E-state index in [1.807, 2.05) is 11.8 Å². The Morgan fingerprint density at radius 1 is 1.67 bits per heavy atom. The highest BCUT2D eigenvalue weighted by atomic mass is 32.2. The van der Waals surface area contributed by atoms with Crippen molar-refractivity contribution in [3.8, 4) is 0 Å². The number of carbonyl (C=O) groups is 1. The van der Waals surface area contributed by atoms with E-state index in [1.54, 1.807) is 7.05 Å². The number of likely N-dealkylation sites (N-methyl/N-ethyl adjacent to an activating group) is 1. The van der Waals surface area contributed by atoms with Crippen molar-refractivity contribution >= 4 is 17.7 Å². The van der Waals surface area contributed by atoms with Crippen molar-refractivity contribution in [1.29, 1.82) is 0 Å². The van der Waals surface area contributed by atoms with Gasteiger partial charge in [-0.25, -0.2) is 0 Å². The molecular formula is C8H16N2OS. The Bertz CT molecular complexity index is 146. The highest BCUT2D eigenvalue weighted by Gasteiger charge is 2.14. The SMILES string of the molecule is CNC(=O)CNCC1CCCS1. The van der Waals surface area contributed by atoms with Crippen molar-refractivity contribution < 1.29 is 4.79 Å². The van der Waals surface area contributed by atoms with Crippen LogP contribution < -0.4 is 10.6 Å². The zero-order valence-electron chi connectivity index (χ0n) is 7.43. The number of hydrogen-bond acceptors (Lipinski definition) is 3. The average Bonchev–Trinajstić information content (AvgIpc) is 2.57. The van der Waals surface area contributed by atoms with Crippen LogP contribution in [-0.2, 0) is 4.79 Å². The molecule has 0 spiro atoms. The van der Waals surface area contributed by atoms with E-state index < -0.39 is 0 Å². The second-order valence-electron chi connectivity index (χ2n) is 2.94. The lowest BCUT2D eigenvalue weighted by Crippen LogP contribution is -2.34. The fraction of sp³-hybridized carbons (Fsp3) is 0.875. The summed E-state index contributed by atoms with van der Waals surface area (Å²) in [4.78, 5) is 10.8. The molecular weight excluding hydrogens is 172 g/mol. The Kier molecular flexibility index (Phi) is 4.46. The average molecular weight is 188 g/mol. The van der Waals surface area contributed by atoms with E-state index in [2.05, 4.69) is 10.6 Å². The van der Waals surface area contributed by atoms with E-state index in [9.17, 15) is 4.79 Å². The van der Waals surface area contributed by atoms with Gasteiger partial charge in [0.2, 0.25) is 5.91 Å². The Morgan fingerprint density at radius 2 is 2.50 bits per heavy atom. The third kappa shape index (κ3) is 3.45. The van der Waals surface area contributed by atoms with Gasteiger partial charge in [0.25, 0.3) is 0 Å². The Balaban J connectivity index is 1.97. The summed E-state index contributed by atoms with van der Waals surface area (Å²) in [5.41, 5.74) is 0. The van der Waals surface area contributed by atoms with Crippen molar-refractivity contribution in [3.63, 3.8) is 0 Å². The predicted octanol–water partition coefficient (Wildman–Crippen LogP) is 0.218. The second-order valence-corrected chi connectivity index (χ2v) is 4.35. The first kappa shape index (κ1) is 9.86. The van der Waals surface area contributed by atoms with E-state index in [1.165, 1.54) is 18.6 Å². The summed E-state index contributed by atoms with van der Waals surface area (Å²) in [5.74, 6) is 1.35. The van der Waals surface area contributed by atoms with Gasteiger partial charge in [0, 0.05) is 18.8 Å². The molecule has 1 atom stereocenters. The van der Waals surface area contributed by atoms with Crippen molar-refractivity contribution in [2.45, 2.75) is 18.1 Å². The molecule has 0 radical (unpaired) electrons. The molecule has 1 heterocycles. The van der Waals surface area contributed by atoms with Crippen LogP contribution in [-0.4, -0.2) is 37.0 Å². The van der Waals surface area contributed by atoms with E-state index in [-0.39, 0.29) is 5.91 Å². The smallest absolute Gasteiger partial charge is 0.233 e. The molecule has 2 N–H and O–H groups in total. The van der Waals surface area contributed by atoms with Crippen LogP contribution in [0.4, 0.5) is 0 Å². The quantitative estimate of drug-likeness (QED) is 0.663. The molecule has 3 nitrogen and oxygen atoms in total. The van der Waals surface area contributed by atoms with Crippen LogP contribution in [0.15, 0.2) is 0 Å². The molecule has 1 amide bonds. The fourth-order valence-corrected chi connectivity index (χ4v) is 2.48. The van der Waals surface area contributed by atoms with Gasteiger partial charge in [0.15, 0.2) is 0 Å². The molecule has 0 saturated carbocycles. The molecule has 1 aliphatic rings. The maximum atomic E-state index is 10.8. The van der Waals surface area contributed by atoms with E-state index >= 15 is 0 Å². The Hall–Kier alpha value is -0.220. The minimum Gasteiger partial charge on any atom is -0.358 e. The maximum absolute atomic E-state index is 10.8. The number of thioether (sulfide) groups is 1. The lowest BCUT2D eigenvalue weighted by Gasteiger charge is -2.08. The lowest BCUT2D eigenvalue weighted by atomic mass is 10.2. The van der Waals surface area contributed by atoms with Crippen LogP contribution in [0.1, 0.15) is 12.8 Å². The zero-order chi connectivity index (χ0) is 8.81. The number of hydrogen-bond donors (Lipinski definition) is 2. The number of nitrogens with one attached hydrogen (secondary N) is 2. The first-order chi connectivity index (χ1) is 5.83. The molecule has 1 fully saturated rings. The number of amides is 1. The molecule has 1 aliphatic heterocycles. The van der Waals surface area contributed by atoms with Gasteiger partial charge in [-0.1, -0.05) is 0 Å². The minimum absolute atomic E-state index is 0.0676. The highest BCUT2D eigenvalue weighted by molar-refractivity contribution is 8.00. The molecule has 0 aromatic rings. The first-order valence-corrected chi connectivity index (χ1v) is 5.40. The third-order valence-corrected chi connectivity index (χ3v) is 3.36. The summed E-state index contributed by atoms with van der Waals surface area (Å²) in [6.45, 7) is 1.42. The van der Waals surface area contributed by atoms with Gasteiger partial charge in [-0.15, -0.1) is 0 Å². The highest BCUT2D eigenvalue weighted by Crippen LogP contribution is 2.24. The zero-order valence-corrected chi connectivity index (χ0v) is 8.25. The van der Waals surface area contributed by atoms with Crippen LogP contribution in [0, 0.1) is 0 Å². The molecule has 1 rings (SSSR count). The first-order valence-electron chi connectivity index (χ1n) is 4.36. The van der Waals surface area contributed by atoms with Gasteiger partial charge in [-0.2, -0.15) is 11.8 Å². The van der Waals surface area contributed by atoms with Gasteiger partial charge in [0.1, 0.15) is 0 Å². The summed E-state index contributed by atoms with van der Waals surface area (Å²) in [6, 6.07) is 0. The number of carbonyl (C=O) groups excluding carboxylic acids is 1. The second kappa shape index (κ2) is 5.43. The van der Waals surface area contributed by atoms with Gasteiger partial charge >= 0.3 is 0 Å². The summed E-state index contributed by atoms with van der Waals surface area (Å²) >= 11 is 2.01. The van der Waals surface area contributed by atoms with Crippen LogP contribution in [0.25, 0.3) is 0 Å². The van der Waals surface area contributed by atoms with Gasteiger partial charge in [-0.3, -0.25) is 4.79 Å². The summed E-state index contributed by atoms with van der Waals surface area (Å²) in [7, 11) is 1.66. The van der Waals surface area contributed by atoms with E-state index in [4.69, 9.17) is 0 Å². The summed E-state index contributed by atoms with van der Waals surface area (Å²) in [6.07, 6.45) is 2.63. The van der Waals surface area contributed by atoms with Gasteiger partial charge in [-0.05, 0) is 18.6 Å². The predicted molar refractivity (Wildman–Crippen MR) is 52.4 cm³/mol. The molecule has 0 bridgehead atoms. The van der Waals surface area contributed by atoms with Crippen LogP contribution in [0.3, 0.4) is 0 Å².